The summed E-state index contributed by atoms with van der Waals surface area (Å²) in [5, 5.41) is 4.20. The normalized spacial score (nSPS) is 11.4. The van der Waals surface area contributed by atoms with Gasteiger partial charge in [0.15, 0.2) is 5.82 Å². The molecule has 27 heavy (non-hydrogen) atoms. The van der Waals surface area contributed by atoms with Gasteiger partial charge in [-0.15, -0.1) is 0 Å². The van der Waals surface area contributed by atoms with Crippen LogP contribution >= 0.6 is 35.0 Å². The maximum atomic E-state index is 12.6. The summed E-state index contributed by atoms with van der Waals surface area (Å²) >= 11 is 13.2. The van der Waals surface area contributed by atoms with Gasteiger partial charge in [0.25, 0.3) is 15.9 Å². The van der Waals surface area contributed by atoms with Gasteiger partial charge < -0.3 is 9.26 Å². The Kier molecular flexibility index (Phi) is 6.05. The highest BCUT2D eigenvalue weighted by molar-refractivity contribution is 7.98. The molecule has 1 N–H and O–H groups in total. The Hall–Kier alpha value is -2.08. The Labute approximate surface area is 168 Å². The number of ether oxygens (including phenoxy) is 1. The van der Waals surface area contributed by atoms with Gasteiger partial charge in [-0.05, 0) is 12.1 Å². The van der Waals surface area contributed by atoms with E-state index < -0.39 is 10.0 Å². The molecule has 2 heterocycles. The van der Waals surface area contributed by atoms with Gasteiger partial charge >= 0.3 is 0 Å². The third-order valence-corrected chi connectivity index (χ3v) is 6.31. The molecule has 0 aliphatic carbocycles. The minimum Gasteiger partial charge on any atom is -0.478 e. The largest absolute Gasteiger partial charge is 0.478 e. The molecule has 0 unspecified atom stereocenters. The van der Waals surface area contributed by atoms with Crippen LogP contribution in [0.15, 0.2) is 45.2 Å². The molecule has 0 atom stereocenters. The second kappa shape index (κ2) is 8.30. The lowest BCUT2D eigenvalue weighted by Gasteiger charge is -2.12. The molecule has 1 aromatic carbocycles. The highest BCUT2D eigenvalue weighted by Crippen LogP contribution is 2.32. The zero-order valence-electron chi connectivity index (χ0n) is 13.6. The Morgan fingerprint density at radius 3 is 2.81 bits per heavy atom. The highest BCUT2D eigenvalue weighted by atomic mass is 35.5. The van der Waals surface area contributed by atoms with Crippen molar-refractivity contribution in [3.63, 3.8) is 0 Å². The van der Waals surface area contributed by atoms with Crippen LogP contribution in [0.25, 0.3) is 0 Å². The number of methoxy groups -OCH3 is 1. The van der Waals surface area contributed by atoms with Crippen LogP contribution in [0.2, 0.25) is 10.0 Å². The molecule has 9 nitrogen and oxygen atoms in total. The average molecular weight is 448 g/mol. The number of hydrogen-bond donors (Lipinski definition) is 1. The van der Waals surface area contributed by atoms with E-state index in [4.69, 9.17) is 27.9 Å². The molecule has 13 heteroatoms. The summed E-state index contributed by atoms with van der Waals surface area (Å²) in [5.41, 5.74) is 0. The number of aromatic nitrogens is 4. The Morgan fingerprint density at radius 2 is 2.11 bits per heavy atom. The second-order valence-electron chi connectivity index (χ2n) is 4.86. The molecule has 0 aliphatic rings. The fraction of sp³-hybridized carbons (Fsp3) is 0.143. The number of nitrogens with one attached hydrogen (secondary N) is 1. The van der Waals surface area contributed by atoms with Crippen molar-refractivity contribution in [2.45, 2.75) is 15.7 Å². The molecule has 0 radical (unpaired) electrons. The van der Waals surface area contributed by atoms with Crippen molar-refractivity contribution < 1.29 is 17.7 Å². The number of halogens is 2. The minimum atomic E-state index is -4.05. The highest BCUT2D eigenvalue weighted by Gasteiger charge is 2.22. The van der Waals surface area contributed by atoms with Gasteiger partial charge in [0.1, 0.15) is 9.92 Å². The molecule has 0 bridgehead atoms. The van der Waals surface area contributed by atoms with E-state index in [0.29, 0.717) is 16.6 Å². The first-order valence-corrected chi connectivity index (χ1v) is 10.4. The SMILES string of the molecule is COc1nc(SCc2ncon2)cnc1NS(=O)(=O)c1cccc(Cl)c1Cl. The van der Waals surface area contributed by atoms with Crippen LogP contribution in [-0.2, 0) is 15.8 Å². The summed E-state index contributed by atoms with van der Waals surface area (Å²) in [7, 11) is -2.70. The van der Waals surface area contributed by atoms with Crippen LogP contribution in [-0.4, -0.2) is 35.6 Å². The molecule has 3 rings (SSSR count). The summed E-state index contributed by atoms with van der Waals surface area (Å²) in [6, 6.07) is 4.29. The lowest BCUT2D eigenvalue weighted by Crippen LogP contribution is -2.15. The molecule has 0 saturated carbocycles. The number of sulfonamides is 1. The van der Waals surface area contributed by atoms with Crippen LogP contribution in [0.3, 0.4) is 0 Å². The first-order chi connectivity index (χ1) is 12.9. The predicted molar refractivity (Wildman–Crippen MR) is 99.7 cm³/mol. The van der Waals surface area contributed by atoms with Gasteiger partial charge in [-0.25, -0.2) is 18.4 Å². The van der Waals surface area contributed by atoms with Crippen LogP contribution in [0.5, 0.6) is 5.88 Å². The van der Waals surface area contributed by atoms with E-state index in [0.717, 1.165) is 0 Å². The van der Waals surface area contributed by atoms with Gasteiger partial charge in [0.05, 0.1) is 29.1 Å². The van der Waals surface area contributed by atoms with Crippen molar-refractivity contribution in [3.8, 4) is 5.88 Å². The quantitative estimate of drug-likeness (QED) is 0.543. The molecule has 142 valence electrons. The molecule has 0 fully saturated rings. The number of rotatable bonds is 7. The smallest absolute Gasteiger partial charge is 0.264 e. The molecule has 0 spiro atoms. The molecular formula is C14H11Cl2N5O4S2. The van der Waals surface area contributed by atoms with Crippen LogP contribution in [0.4, 0.5) is 5.82 Å². The van der Waals surface area contributed by atoms with Crippen molar-refractivity contribution in [1.29, 1.82) is 0 Å². The van der Waals surface area contributed by atoms with E-state index in [2.05, 4.69) is 29.4 Å². The van der Waals surface area contributed by atoms with Crippen molar-refractivity contribution in [3.05, 3.63) is 46.7 Å². The molecule has 0 aliphatic heterocycles. The van der Waals surface area contributed by atoms with E-state index in [1.807, 2.05) is 0 Å². The third kappa shape index (κ3) is 4.61. The second-order valence-corrected chi connectivity index (χ2v) is 8.29. The van der Waals surface area contributed by atoms with Crippen molar-refractivity contribution in [2.75, 3.05) is 11.8 Å². The lowest BCUT2D eigenvalue weighted by molar-refractivity contribution is 0.394. The van der Waals surface area contributed by atoms with E-state index in [-0.39, 0.29) is 26.6 Å². The first-order valence-electron chi connectivity index (χ1n) is 7.16. The number of thioether (sulfide) groups is 1. The van der Waals surface area contributed by atoms with Crippen LogP contribution < -0.4 is 9.46 Å². The summed E-state index contributed by atoms with van der Waals surface area (Å²) < 4.78 is 37.3. The molecule has 0 amide bonds. The predicted octanol–water partition coefficient (Wildman–Crippen LogP) is 3.27. The number of benzene rings is 1. The summed E-state index contributed by atoms with van der Waals surface area (Å²) in [5.74, 6) is 0.797. The Morgan fingerprint density at radius 1 is 1.30 bits per heavy atom. The van der Waals surface area contributed by atoms with Gasteiger partial charge in [0, 0.05) is 0 Å². The topological polar surface area (TPSA) is 120 Å². The zero-order valence-corrected chi connectivity index (χ0v) is 16.7. The van der Waals surface area contributed by atoms with E-state index in [1.165, 1.54) is 49.7 Å². The van der Waals surface area contributed by atoms with Crippen molar-refractivity contribution in [2.24, 2.45) is 0 Å². The Balaban J connectivity index is 1.82. The van der Waals surface area contributed by atoms with E-state index in [9.17, 15) is 8.42 Å². The zero-order chi connectivity index (χ0) is 19.4. The average Bonchev–Trinajstić information content (AvgIpc) is 3.16. The standard InChI is InChI=1S/C14H11Cl2N5O4S2/c1-24-14-13(17-5-11(19-14)26-6-10-18-7-25-20-10)21-27(22,23)9-4-2-3-8(15)12(9)16/h2-5,7H,6H2,1H3,(H,17,21). The minimum absolute atomic E-state index is 0.00478. The van der Waals surface area contributed by atoms with Crippen molar-refractivity contribution >= 4 is 50.8 Å². The number of nitrogens with zero attached hydrogens (tertiary/aromatic N) is 4. The van der Waals surface area contributed by atoms with E-state index >= 15 is 0 Å². The maximum absolute atomic E-state index is 12.6. The third-order valence-electron chi connectivity index (χ3n) is 3.10. The van der Waals surface area contributed by atoms with Crippen LogP contribution in [0, 0.1) is 0 Å². The van der Waals surface area contributed by atoms with E-state index in [1.54, 1.807) is 0 Å². The summed E-state index contributed by atoms with van der Waals surface area (Å²) in [6.45, 7) is 0. The number of hydrogen-bond acceptors (Lipinski definition) is 9. The maximum Gasteiger partial charge on any atom is 0.264 e. The van der Waals surface area contributed by atoms with Crippen molar-refractivity contribution in [1.82, 2.24) is 20.1 Å². The van der Waals surface area contributed by atoms with Gasteiger partial charge in [-0.3, -0.25) is 4.72 Å². The fourth-order valence-electron chi connectivity index (χ4n) is 1.91. The Bertz CT molecular complexity index is 1050. The molecule has 3 aromatic rings. The van der Waals surface area contributed by atoms with Crippen LogP contribution in [0.1, 0.15) is 5.82 Å². The summed E-state index contributed by atoms with van der Waals surface area (Å²) in [4.78, 5) is 12.0. The number of anilines is 1. The van der Waals surface area contributed by atoms with Gasteiger partial charge in [-0.1, -0.05) is 46.2 Å². The summed E-state index contributed by atoms with van der Waals surface area (Å²) in [6.07, 6.45) is 2.62. The molecule has 0 saturated heterocycles. The monoisotopic (exact) mass is 447 g/mol. The first kappa shape index (κ1) is 19.7. The van der Waals surface area contributed by atoms with Gasteiger partial charge in [-0.2, -0.15) is 4.98 Å². The fourth-order valence-corrected chi connectivity index (χ4v) is 4.36. The lowest BCUT2D eigenvalue weighted by atomic mass is 10.4. The molecular weight excluding hydrogens is 437 g/mol. The molecule has 2 aromatic heterocycles. The van der Waals surface area contributed by atoms with Gasteiger partial charge in [0.2, 0.25) is 12.2 Å².